The minimum atomic E-state index is 0.562. The van der Waals surface area contributed by atoms with E-state index in [1.54, 1.807) is 5.57 Å². The lowest BCUT2D eigenvalue weighted by Crippen LogP contribution is -2.51. The normalized spacial score (nSPS) is 34.8. The van der Waals surface area contributed by atoms with Crippen molar-refractivity contribution in [1.29, 1.82) is 0 Å². The van der Waals surface area contributed by atoms with E-state index in [9.17, 15) is 0 Å². The molecule has 4 nitrogen and oxygen atoms in total. The van der Waals surface area contributed by atoms with Gasteiger partial charge in [-0.05, 0) is 91.5 Å². The highest BCUT2D eigenvalue weighted by atomic mass is 15.6. The lowest BCUT2D eigenvalue weighted by atomic mass is 9.96. The van der Waals surface area contributed by atoms with Crippen LogP contribution >= 0.6 is 0 Å². The molecule has 5 atom stereocenters. The molecule has 0 spiro atoms. The van der Waals surface area contributed by atoms with Gasteiger partial charge in [0.25, 0.3) is 0 Å². The van der Waals surface area contributed by atoms with Crippen molar-refractivity contribution in [3.8, 4) is 0 Å². The van der Waals surface area contributed by atoms with Crippen molar-refractivity contribution in [3.63, 3.8) is 0 Å². The van der Waals surface area contributed by atoms with Gasteiger partial charge in [0.1, 0.15) is 5.82 Å². The Morgan fingerprint density at radius 1 is 1.13 bits per heavy atom. The monoisotopic (exact) mass is 402 g/mol. The number of hydrogen-bond donors (Lipinski definition) is 2. The molecule has 158 valence electrons. The highest BCUT2D eigenvalue weighted by Gasteiger charge is 2.52. The van der Waals surface area contributed by atoms with Gasteiger partial charge >= 0.3 is 0 Å². The minimum absolute atomic E-state index is 0.562. The molecule has 2 N–H and O–H groups in total. The Kier molecular flexibility index (Phi) is 4.43. The lowest BCUT2D eigenvalue weighted by Gasteiger charge is -2.39. The van der Waals surface area contributed by atoms with Crippen molar-refractivity contribution in [3.05, 3.63) is 42.1 Å². The van der Waals surface area contributed by atoms with Crippen LogP contribution in [0.3, 0.4) is 0 Å². The summed E-state index contributed by atoms with van der Waals surface area (Å²) in [5.74, 6) is 1.81. The van der Waals surface area contributed by atoms with Gasteiger partial charge in [-0.15, -0.1) is 0 Å². The van der Waals surface area contributed by atoms with Gasteiger partial charge < -0.3 is 10.7 Å². The number of hydrogen-bond acceptors (Lipinski definition) is 4. The highest BCUT2D eigenvalue weighted by Crippen LogP contribution is 2.63. The number of nitrogens with zero attached hydrogens (tertiary/aromatic N) is 2. The Hall–Kier alpha value is -1.91. The van der Waals surface area contributed by atoms with E-state index in [1.807, 2.05) is 6.20 Å². The van der Waals surface area contributed by atoms with Crippen LogP contribution in [-0.4, -0.2) is 34.7 Å². The zero-order valence-corrected chi connectivity index (χ0v) is 18.3. The Morgan fingerprint density at radius 2 is 1.97 bits per heavy atom. The van der Waals surface area contributed by atoms with E-state index in [0.717, 1.165) is 18.3 Å². The van der Waals surface area contributed by atoms with Crippen molar-refractivity contribution >= 4 is 22.2 Å². The molecule has 30 heavy (non-hydrogen) atoms. The predicted octanol–water partition coefficient (Wildman–Crippen LogP) is 5.37. The van der Waals surface area contributed by atoms with E-state index in [0.29, 0.717) is 23.5 Å². The summed E-state index contributed by atoms with van der Waals surface area (Å²) in [6.45, 7) is 5.83. The quantitative estimate of drug-likeness (QED) is 0.681. The number of allylic oxidation sites excluding steroid dienone is 2. The first-order chi connectivity index (χ1) is 14.6. The first-order valence-electron chi connectivity index (χ1n) is 12.0. The van der Waals surface area contributed by atoms with E-state index in [2.05, 4.69) is 59.9 Å². The number of hydrazine groups is 1. The molecule has 1 aromatic carbocycles. The third kappa shape index (κ3) is 3.25. The molecular formula is C26H34N4. The molecule has 0 amide bonds. The second kappa shape index (κ2) is 7.06. The van der Waals surface area contributed by atoms with Gasteiger partial charge in [0.05, 0.1) is 0 Å². The number of fused-ring (bicyclic) bond motifs is 4. The number of aromatic nitrogens is 1. The average Bonchev–Trinajstić information content (AvgIpc) is 3.18. The van der Waals surface area contributed by atoms with Crippen molar-refractivity contribution in [2.24, 2.45) is 11.3 Å². The van der Waals surface area contributed by atoms with Gasteiger partial charge in [-0.1, -0.05) is 32.1 Å². The Bertz CT molecular complexity index is 984. The summed E-state index contributed by atoms with van der Waals surface area (Å²) < 4.78 is 0. The molecule has 0 radical (unpaired) electrons. The van der Waals surface area contributed by atoms with Gasteiger partial charge in [0, 0.05) is 29.7 Å². The summed E-state index contributed by atoms with van der Waals surface area (Å²) >= 11 is 0. The van der Waals surface area contributed by atoms with Crippen LogP contribution < -0.4 is 10.7 Å². The molecule has 6 rings (SSSR count). The predicted molar refractivity (Wildman–Crippen MR) is 124 cm³/mol. The largest absolute Gasteiger partial charge is 0.314 e. The van der Waals surface area contributed by atoms with Crippen LogP contribution in [0, 0.1) is 11.3 Å². The second-order valence-electron chi connectivity index (χ2n) is 10.5. The van der Waals surface area contributed by atoms with Crippen molar-refractivity contribution in [2.75, 3.05) is 12.0 Å². The van der Waals surface area contributed by atoms with Crippen LogP contribution in [0.25, 0.3) is 16.3 Å². The fraction of sp³-hybridized carbons (Fsp3) is 0.577. The van der Waals surface area contributed by atoms with Crippen LogP contribution in [0.1, 0.15) is 64.4 Å². The van der Waals surface area contributed by atoms with Crippen LogP contribution in [0.15, 0.2) is 36.5 Å². The van der Waals surface area contributed by atoms with Gasteiger partial charge in [-0.25, -0.2) is 9.99 Å². The second-order valence-corrected chi connectivity index (χ2v) is 10.5. The van der Waals surface area contributed by atoms with Gasteiger partial charge in [0.2, 0.25) is 0 Å². The third-order valence-electron chi connectivity index (χ3n) is 8.17. The molecule has 1 saturated carbocycles. The molecule has 4 heteroatoms. The van der Waals surface area contributed by atoms with Crippen molar-refractivity contribution in [1.82, 2.24) is 15.3 Å². The molecule has 2 aromatic rings. The van der Waals surface area contributed by atoms with Crippen LogP contribution in [0.5, 0.6) is 0 Å². The minimum Gasteiger partial charge on any atom is -0.314 e. The standard InChI is InChI=1S/C26H34N4/c1-3-8-27-22-12-23-6-7-24(13-22)30(23)29-25-11-19-9-17(4-5-18(19)16-28-25)20-10-21-15-26(21,2)14-20/h4-5,9-11,16,21-24,27H,3,6-8,12-15H2,1-2H3,(H,28,29)/t21-,22?,23-,24+,26?/m0/s1. The third-order valence-corrected chi connectivity index (χ3v) is 8.17. The summed E-state index contributed by atoms with van der Waals surface area (Å²) in [5.41, 5.74) is 7.21. The maximum atomic E-state index is 4.74. The molecule has 2 aliphatic carbocycles. The van der Waals surface area contributed by atoms with Gasteiger partial charge in [-0.3, -0.25) is 0 Å². The molecule has 1 aromatic heterocycles. The Balaban J connectivity index is 1.20. The first-order valence-corrected chi connectivity index (χ1v) is 12.0. The molecular weight excluding hydrogens is 368 g/mol. The molecule has 2 saturated heterocycles. The van der Waals surface area contributed by atoms with E-state index in [1.165, 1.54) is 61.3 Å². The zero-order valence-electron chi connectivity index (χ0n) is 18.3. The lowest BCUT2D eigenvalue weighted by molar-refractivity contribution is 0.146. The van der Waals surface area contributed by atoms with E-state index >= 15 is 0 Å². The highest BCUT2D eigenvalue weighted by molar-refractivity contribution is 5.88. The number of nitrogens with one attached hydrogen (secondary N) is 2. The summed E-state index contributed by atoms with van der Waals surface area (Å²) in [6.07, 6.45) is 13.5. The molecule has 3 heterocycles. The maximum absolute atomic E-state index is 4.74. The van der Waals surface area contributed by atoms with E-state index in [4.69, 9.17) is 4.98 Å². The molecule has 2 unspecified atom stereocenters. The summed E-state index contributed by atoms with van der Waals surface area (Å²) in [6, 6.07) is 11.1. The number of benzene rings is 1. The summed E-state index contributed by atoms with van der Waals surface area (Å²) in [4.78, 5) is 4.74. The van der Waals surface area contributed by atoms with Crippen LogP contribution in [0.4, 0.5) is 5.82 Å². The first kappa shape index (κ1) is 18.8. The van der Waals surface area contributed by atoms with Gasteiger partial charge in [0.15, 0.2) is 0 Å². The Labute approximate surface area is 180 Å². The number of pyridine rings is 1. The molecule has 2 bridgehead atoms. The fourth-order valence-electron chi connectivity index (χ4n) is 6.25. The smallest absolute Gasteiger partial charge is 0.140 e. The SMILES string of the molecule is CCCNC1C[C@H]2CC[C@@H](C1)N2Nc1cc2cc(C3=C[C@H]4CC4(C)C3)ccc2cn1. The van der Waals surface area contributed by atoms with Crippen LogP contribution in [0.2, 0.25) is 0 Å². The zero-order chi connectivity index (χ0) is 20.3. The molecule has 4 aliphatic rings. The molecule has 2 aliphatic heterocycles. The number of piperidine rings is 1. The Morgan fingerprint density at radius 3 is 2.70 bits per heavy atom. The summed E-state index contributed by atoms with van der Waals surface area (Å²) in [5, 5.41) is 8.78. The van der Waals surface area contributed by atoms with E-state index < -0.39 is 0 Å². The van der Waals surface area contributed by atoms with Gasteiger partial charge in [-0.2, -0.15) is 0 Å². The average molecular weight is 403 g/mol. The van der Waals surface area contributed by atoms with Crippen molar-refractivity contribution in [2.45, 2.75) is 76.9 Å². The topological polar surface area (TPSA) is 40.2 Å². The molecule has 3 fully saturated rings. The fourth-order valence-corrected chi connectivity index (χ4v) is 6.25. The summed E-state index contributed by atoms with van der Waals surface area (Å²) in [7, 11) is 0. The number of rotatable bonds is 6. The van der Waals surface area contributed by atoms with Crippen LogP contribution in [-0.2, 0) is 0 Å². The number of anilines is 1. The van der Waals surface area contributed by atoms with E-state index in [-0.39, 0.29) is 0 Å². The van der Waals surface area contributed by atoms with Crippen molar-refractivity contribution < 1.29 is 0 Å². The maximum Gasteiger partial charge on any atom is 0.140 e.